The summed E-state index contributed by atoms with van der Waals surface area (Å²) in [6.07, 6.45) is 1.44. The van der Waals surface area contributed by atoms with Gasteiger partial charge in [-0.05, 0) is 31.2 Å². The third-order valence-electron chi connectivity index (χ3n) is 3.16. The molecule has 24 heavy (non-hydrogen) atoms. The monoisotopic (exact) mass is 326 g/mol. The van der Waals surface area contributed by atoms with E-state index in [1.807, 2.05) is 5.48 Å². The number of anilines is 1. The van der Waals surface area contributed by atoms with Crippen LogP contribution in [0.4, 0.5) is 5.69 Å². The van der Waals surface area contributed by atoms with Gasteiger partial charge in [-0.1, -0.05) is 36.4 Å². The van der Waals surface area contributed by atoms with Gasteiger partial charge in [0.15, 0.2) is 0 Å². The van der Waals surface area contributed by atoms with Crippen LogP contribution in [0.2, 0.25) is 0 Å². The van der Waals surface area contributed by atoms with Crippen LogP contribution in [0.25, 0.3) is 6.08 Å². The van der Waals surface area contributed by atoms with Gasteiger partial charge in [0.25, 0.3) is 5.91 Å². The second-order valence-electron chi connectivity index (χ2n) is 4.80. The van der Waals surface area contributed by atoms with Crippen molar-refractivity contribution in [2.24, 2.45) is 0 Å². The first-order valence-electron chi connectivity index (χ1n) is 7.40. The van der Waals surface area contributed by atoms with Crippen molar-refractivity contribution in [3.05, 3.63) is 71.4 Å². The number of rotatable bonds is 6. The van der Waals surface area contributed by atoms with Crippen molar-refractivity contribution in [2.75, 3.05) is 12.1 Å². The van der Waals surface area contributed by atoms with Crippen LogP contribution in [0.3, 0.4) is 0 Å². The maximum absolute atomic E-state index is 12.3. The first-order chi connectivity index (χ1) is 11.7. The second kappa shape index (κ2) is 8.50. The Morgan fingerprint density at radius 3 is 2.42 bits per heavy atom. The normalized spacial score (nSPS) is 10.8. The lowest BCUT2D eigenvalue weighted by Gasteiger charge is -2.11. The summed E-state index contributed by atoms with van der Waals surface area (Å²) in [6, 6.07) is 15.3. The van der Waals surface area contributed by atoms with E-state index in [0.29, 0.717) is 16.8 Å². The summed E-state index contributed by atoms with van der Waals surface area (Å²) in [6.45, 7) is 1.86. The molecule has 2 aromatic carbocycles. The predicted molar refractivity (Wildman–Crippen MR) is 90.4 cm³/mol. The van der Waals surface area contributed by atoms with Crippen LogP contribution in [-0.4, -0.2) is 23.7 Å². The topological polar surface area (TPSA) is 87.7 Å². The average Bonchev–Trinajstić information content (AvgIpc) is 2.62. The number of carbonyl (C=O) groups excluding carboxylic acids is 2. The quantitative estimate of drug-likeness (QED) is 0.432. The van der Waals surface area contributed by atoms with Gasteiger partial charge in [0.05, 0.1) is 12.3 Å². The molecule has 0 unspecified atom stereocenters. The molecule has 0 bridgehead atoms. The van der Waals surface area contributed by atoms with E-state index in [9.17, 15) is 9.59 Å². The van der Waals surface area contributed by atoms with Gasteiger partial charge in [0.2, 0.25) is 0 Å². The van der Waals surface area contributed by atoms with Crippen molar-refractivity contribution in [3.8, 4) is 0 Å². The molecule has 0 aromatic heterocycles. The lowest BCUT2D eigenvalue weighted by atomic mass is 10.1. The van der Waals surface area contributed by atoms with Crippen molar-refractivity contribution in [1.82, 2.24) is 5.32 Å². The highest BCUT2D eigenvalue weighted by Crippen LogP contribution is 2.17. The Bertz CT molecular complexity index is 742. The Hall–Kier alpha value is -3.12. The minimum Gasteiger partial charge on any atom is -0.461 e. The second-order valence-corrected chi connectivity index (χ2v) is 4.80. The fraction of sp³-hybridized carbons (Fsp3) is 0.111. The molecule has 0 fully saturated rings. The van der Waals surface area contributed by atoms with E-state index in [4.69, 9.17) is 9.94 Å². The Kier molecular flexibility index (Phi) is 6.10. The maximum atomic E-state index is 12.3. The Balaban J connectivity index is 2.33. The Morgan fingerprint density at radius 2 is 1.75 bits per heavy atom. The van der Waals surface area contributed by atoms with E-state index >= 15 is 0 Å². The number of para-hydroxylation sites is 1. The Labute approximate surface area is 139 Å². The molecule has 2 aromatic rings. The number of carbonyl (C=O) groups is 2. The van der Waals surface area contributed by atoms with E-state index in [1.54, 1.807) is 61.5 Å². The van der Waals surface area contributed by atoms with Crippen molar-refractivity contribution in [2.45, 2.75) is 6.92 Å². The molecule has 0 aliphatic rings. The number of esters is 1. The zero-order valence-electron chi connectivity index (χ0n) is 13.2. The summed E-state index contributed by atoms with van der Waals surface area (Å²) in [5.41, 5.74) is 3.37. The molecule has 0 radical (unpaired) electrons. The van der Waals surface area contributed by atoms with Crippen molar-refractivity contribution < 1.29 is 19.5 Å². The highest BCUT2D eigenvalue weighted by atomic mass is 16.5. The highest BCUT2D eigenvalue weighted by molar-refractivity contribution is 6.03. The van der Waals surface area contributed by atoms with Crippen LogP contribution in [0, 0.1) is 0 Å². The molecule has 2 rings (SSSR count). The van der Waals surface area contributed by atoms with Gasteiger partial charge >= 0.3 is 5.97 Å². The lowest BCUT2D eigenvalue weighted by molar-refractivity contribution is -0.138. The van der Waals surface area contributed by atoms with Crippen molar-refractivity contribution in [3.63, 3.8) is 0 Å². The summed E-state index contributed by atoms with van der Waals surface area (Å²) in [7, 11) is 0. The van der Waals surface area contributed by atoms with Gasteiger partial charge in [0.1, 0.15) is 5.70 Å². The molecule has 0 aliphatic heterocycles. The molecule has 0 saturated heterocycles. The van der Waals surface area contributed by atoms with Crippen LogP contribution < -0.4 is 10.8 Å². The number of hydrogen-bond donors (Lipinski definition) is 3. The van der Waals surface area contributed by atoms with Crippen LogP contribution in [0.5, 0.6) is 0 Å². The van der Waals surface area contributed by atoms with Crippen molar-refractivity contribution >= 4 is 23.6 Å². The van der Waals surface area contributed by atoms with E-state index in [-0.39, 0.29) is 12.3 Å². The van der Waals surface area contributed by atoms with Crippen LogP contribution >= 0.6 is 0 Å². The molecule has 0 spiro atoms. The fourth-order valence-corrected chi connectivity index (χ4v) is 2.02. The third kappa shape index (κ3) is 4.44. The number of amides is 1. The van der Waals surface area contributed by atoms with Gasteiger partial charge < -0.3 is 10.1 Å². The van der Waals surface area contributed by atoms with Crippen LogP contribution in [0.15, 0.2) is 60.3 Å². The van der Waals surface area contributed by atoms with E-state index in [1.165, 1.54) is 6.08 Å². The summed E-state index contributed by atoms with van der Waals surface area (Å²) < 4.78 is 4.98. The van der Waals surface area contributed by atoms with Crippen LogP contribution in [0.1, 0.15) is 22.8 Å². The molecule has 6 nitrogen and oxygen atoms in total. The first kappa shape index (κ1) is 17.2. The third-order valence-corrected chi connectivity index (χ3v) is 3.16. The van der Waals surface area contributed by atoms with E-state index < -0.39 is 11.9 Å². The molecule has 3 N–H and O–H groups in total. The molecular formula is C18H18N2O4. The zero-order valence-corrected chi connectivity index (χ0v) is 13.2. The number of nitrogens with one attached hydrogen (secondary N) is 2. The summed E-state index contributed by atoms with van der Waals surface area (Å²) in [5.74, 6) is -1.08. The maximum Gasteiger partial charge on any atom is 0.354 e. The van der Waals surface area contributed by atoms with Gasteiger partial charge in [-0.2, -0.15) is 0 Å². The average molecular weight is 326 g/mol. The minimum atomic E-state index is -0.658. The Morgan fingerprint density at radius 1 is 1.08 bits per heavy atom. The summed E-state index contributed by atoms with van der Waals surface area (Å²) in [5, 5.41) is 11.7. The number of hydrogen-bond acceptors (Lipinski definition) is 5. The van der Waals surface area contributed by atoms with Crippen LogP contribution in [-0.2, 0) is 9.53 Å². The van der Waals surface area contributed by atoms with E-state index in [2.05, 4.69) is 5.32 Å². The lowest BCUT2D eigenvalue weighted by Crippen LogP contribution is -2.28. The smallest absolute Gasteiger partial charge is 0.354 e. The van der Waals surface area contributed by atoms with Crippen molar-refractivity contribution in [1.29, 1.82) is 0 Å². The molecule has 0 atom stereocenters. The largest absolute Gasteiger partial charge is 0.461 e. The number of ether oxygens (including phenoxy) is 1. The SMILES string of the molecule is CCOC(=O)/C(=C\c1ccccc1NO)NC(=O)c1ccccc1. The summed E-state index contributed by atoms with van der Waals surface area (Å²) >= 11 is 0. The highest BCUT2D eigenvalue weighted by Gasteiger charge is 2.16. The molecule has 0 aliphatic carbocycles. The number of benzene rings is 2. The zero-order chi connectivity index (χ0) is 17.4. The van der Waals surface area contributed by atoms with Gasteiger partial charge in [0, 0.05) is 11.1 Å². The predicted octanol–water partition coefficient (Wildman–Crippen LogP) is 2.82. The minimum absolute atomic E-state index is 0.0200. The van der Waals surface area contributed by atoms with E-state index in [0.717, 1.165) is 0 Å². The molecule has 1 amide bonds. The molecule has 0 heterocycles. The molecule has 0 saturated carbocycles. The van der Waals surface area contributed by atoms with Gasteiger partial charge in [-0.3, -0.25) is 15.5 Å². The molecule has 6 heteroatoms. The van der Waals surface area contributed by atoms with Gasteiger partial charge in [-0.15, -0.1) is 0 Å². The fourth-order valence-electron chi connectivity index (χ4n) is 2.02. The summed E-state index contributed by atoms with van der Waals surface area (Å²) in [4.78, 5) is 24.4. The standard InChI is InChI=1S/C18H18N2O4/c1-2-24-18(22)16(12-14-10-6-7-11-15(14)20-23)19-17(21)13-8-4-3-5-9-13/h3-12,20,23H,2H2,1H3,(H,19,21)/b16-12+. The molecule has 124 valence electrons. The molecular weight excluding hydrogens is 308 g/mol. The first-order valence-corrected chi connectivity index (χ1v) is 7.40. The van der Waals surface area contributed by atoms with Gasteiger partial charge in [-0.25, -0.2) is 4.79 Å².